The number of fused-ring (bicyclic) bond motifs is 2. The molecule has 0 heterocycles. The second kappa shape index (κ2) is 8.13. The second-order valence-corrected chi connectivity index (χ2v) is 10.9. The molecule has 0 aliphatic rings. The third kappa shape index (κ3) is 4.67. The van der Waals surface area contributed by atoms with E-state index in [1.165, 1.54) is 43.8 Å². The lowest BCUT2D eigenvalue weighted by atomic mass is 9.79. The van der Waals surface area contributed by atoms with Gasteiger partial charge in [-0.1, -0.05) is 96.1 Å². The van der Waals surface area contributed by atoms with E-state index in [1.807, 2.05) is 0 Å². The van der Waals surface area contributed by atoms with Crippen molar-refractivity contribution < 1.29 is 5.32 Å². The molecule has 0 bridgehead atoms. The monoisotopic (exact) mass is 410 g/mol. The molecule has 31 heavy (non-hydrogen) atoms. The largest absolute Gasteiger partial charge is 0.339 e. The van der Waals surface area contributed by atoms with Crippen LogP contribution >= 0.6 is 0 Å². The van der Waals surface area contributed by atoms with Crippen LogP contribution in [0, 0.1) is 0 Å². The highest BCUT2D eigenvalue weighted by Crippen LogP contribution is 2.30. The third-order valence-electron chi connectivity index (χ3n) is 6.34. The van der Waals surface area contributed by atoms with Crippen molar-refractivity contribution in [2.45, 2.75) is 65.5 Å². The molecule has 160 valence electrons. The van der Waals surface area contributed by atoms with Crippen LogP contribution in [0.3, 0.4) is 0 Å². The lowest BCUT2D eigenvalue weighted by molar-refractivity contribution is -0.685. The normalized spacial score (nSPS) is 12.6. The van der Waals surface area contributed by atoms with Crippen molar-refractivity contribution in [2.24, 2.45) is 0 Å². The lowest BCUT2D eigenvalue weighted by Crippen LogP contribution is -2.80. The van der Waals surface area contributed by atoms with Crippen LogP contribution in [-0.2, 0) is 23.9 Å². The molecule has 0 radical (unpaired) electrons. The Hall–Kier alpha value is -2.64. The standard InChI is InChI=1S/C30H35N/c1-29(2,3)24-15-21(16-25(18-24)30(4,5)6)19-31-20-28-26-13-9-7-11-22(26)17-23-12-8-10-14-27(23)28/h7-18,31H,19-20H2,1-6H3/p+1. The molecular weight excluding hydrogens is 374 g/mol. The molecule has 4 aromatic carbocycles. The van der Waals surface area contributed by atoms with Crippen molar-refractivity contribution in [1.82, 2.24) is 0 Å². The molecule has 0 unspecified atom stereocenters. The fourth-order valence-corrected chi connectivity index (χ4v) is 4.39. The molecule has 0 spiro atoms. The summed E-state index contributed by atoms with van der Waals surface area (Å²) in [4.78, 5) is 0. The van der Waals surface area contributed by atoms with Crippen molar-refractivity contribution in [2.75, 3.05) is 0 Å². The summed E-state index contributed by atoms with van der Waals surface area (Å²) in [7, 11) is 0. The Balaban J connectivity index is 1.66. The summed E-state index contributed by atoms with van der Waals surface area (Å²) >= 11 is 0. The average Bonchev–Trinajstić information content (AvgIpc) is 2.72. The number of hydrogen-bond donors (Lipinski definition) is 1. The third-order valence-corrected chi connectivity index (χ3v) is 6.34. The first-order valence-corrected chi connectivity index (χ1v) is 11.5. The molecule has 4 aromatic rings. The highest BCUT2D eigenvalue weighted by molar-refractivity contribution is 6.02. The van der Waals surface area contributed by atoms with Gasteiger partial charge in [0.1, 0.15) is 13.1 Å². The number of nitrogens with two attached hydrogens (primary N) is 1. The molecule has 0 aliphatic carbocycles. The van der Waals surface area contributed by atoms with Gasteiger partial charge < -0.3 is 5.32 Å². The molecule has 0 atom stereocenters. The van der Waals surface area contributed by atoms with Gasteiger partial charge in [-0.05, 0) is 61.7 Å². The van der Waals surface area contributed by atoms with E-state index in [0.29, 0.717) is 0 Å². The highest BCUT2D eigenvalue weighted by Gasteiger charge is 2.21. The molecule has 1 nitrogen and oxygen atoms in total. The predicted octanol–water partition coefficient (Wildman–Crippen LogP) is 6.85. The van der Waals surface area contributed by atoms with Gasteiger partial charge in [-0.15, -0.1) is 0 Å². The minimum Gasteiger partial charge on any atom is -0.339 e. The summed E-state index contributed by atoms with van der Waals surface area (Å²) in [6.45, 7) is 15.8. The number of benzene rings is 4. The maximum absolute atomic E-state index is 2.46. The molecule has 0 fully saturated rings. The SMILES string of the molecule is CC(C)(C)c1cc(C[NH2+]Cc2c3ccccc3cc3ccccc23)cc(C(C)(C)C)c1. The quantitative estimate of drug-likeness (QED) is 0.354. The fraction of sp³-hybridized carbons (Fsp3) is 0.333. The van der Waals surface area contributed by atoms with E-state index in [9.17, 15) is 0 Å². The van der Waals surface area contributed by atoms with Crippen molar-refractivity contribution >= 4 is 21.5 Å². The summed E-state index contributed by atoms with van der Waals surface area (Å²) in [6.07, 6.45) is 0. The molecule has 2 N–H and O–H groups in total. The van der Waals surface area contributed by atoms with Crippen LogP contribution in [0.1, 0.15) is 63.8 Å². The number of quaternary nitrogens is 1. The van der Waals surface area contributed by atoms with Gasteiger partial charge in [-0.2, -0.15) is 0 Å². The zero-order valence-corrected chi connectivity index (χ0v) is 19.9. The average molecular weight is 411 g/mol. The van der Waals surface area contributed by atoms with E-state index in [0.717, 1.165) is 13.1 Å². The number of rotatable bonds is 4. The zero-order valence-electron chi connectivity index (χ0n) is 19.9. The van der Waals surface area contributed by atoms with Gasteiger partial charge in [0.2, 0.25) is 0 Å². The Morgan fingerprint density at radius 3 is 1.55 bits per heavy atom. The first kappa shape index (κ1) is 21.6. The van der Waals surface area contributed by atoms with Gasteiger partial charge in [0.25, 0.3) is 0 Å². The van der Waals surface area contributed by atoms with Crippen LogP contribution in [-0.4, -0.2) is 0 Å². The van der Waals surface area contributed by atoms with Crippen LogP contribution < -0.4 is 5.32 Å². The molecule has 1 heteroatoms. The molecular formula is C30H36N+. The summed E-state index contributed by atoms with van der Waals surface area (Å²) in [5, 5.41) is 7.86. The van der Waals surface area contributed by atoms with Gasteiger partial charge in [0.05, 0.1) is 0 Å². The molecule has 0 aliphatic heterocycles. The maximum Gasteiger partial charge on any atom is 0.103 e. The van der Waals surface area contributed by atoms with E-state index in [2.05, 4.69) is 120 Å². The van der Waals surface area contributed by atoms with Gasteiger partial charge >= 0.3 is 0 Å². The Bertz CT molecular complexity index is 1130. The van der Waals surface area contributed by atoms with E-state index < -0.39 is 0 Å². The van der Waals surface area contributed by atoms with E-state index in [4.69, 9.17) is 0 Å². The fourth-order valence-electron chi connectivity index (χ4n) is 4.39. The Morgan fingerprint density at radius 1 is 0.581 bits per heavy atom. The number of hydrogen-bond acceptors (Lipinski definition) is 0. The molecule has 0 amide bonds. The lowest BCUT2D eigenvalue weighted by Gasteiger charge is -2.26. The molecule has 0 saturated carbocycles. The van der Waals surface area contributed by atoms with Gasteiger partial charge in [0.15, 0.2) is 0 Å². The Kier molecular flexibility index (Phi) is 5.66. The van der Waals surface area contributed by atoms with Gasteiger partial charge in [0, 0.05) is 11.1 Å². The molecule has 0 aromatic heterocycles. The van der Waals surface area contributed by atoms with Gasteiger partial charge in [-0.3, -0.25) is 0 Å². The Morgan fingerprint density at radius 2 is 1.06 bits per heavy atom. The van der Waals surface area contributed by atoms with Crippen molar-refractivity contribution in [1.29, 1.82) is 0 Å². The van der Waals surface area contributed by atoms with Crippen LogP contribution in [0.4, 0.5) is 0 Å². The predicted molar refractivity (Wildman–Crippen MR) is 135 cm³/mol. The summed E-state index contributed by atoms with van der Waals surface area (Å²) in [5.41, 5.74) is 6.03. The second-order valence-electron chi connectivity index (χ2n) is 10.9. The first-order valence-electron chi connectivity index (χ1n) is 11.5. The maximum atomic E-state index is 2.46. The van der Waals surface area contributed by atoms with Crippen molar-refractivity contribution in [3.05, 3.63) is 95.1 Å². The first-order chi connectivity index (χ1) is 14.6. The van der Waals surface area contributed by atoms with Crippen molar-refractivity contribution in [3.8, 4) is 0 Å². The van der Waals surface area contributed by atoms with E-state index in [1.54, 1.807) is 0 Å². The minimum atomic E-state index is 0.155. The van der Waals surface area contributed by atoms with Crippen molar-refractivity contribution in [3.63, 3.8) is 0 Å². The minimum absolute atomic E-state index is 0.155. The smallest absolute Gasteiger partial charge is 0.103 e. The van der Waals surface area contributed by atoms with Crippen LogP contribution in [0.5, 0.6) is 0 Å². The summed E-state index contributed by atoms with van der Waals surface area (Å²) in [5.74, 6) is 0. The zero-order chi connectivity index (χ0) is 22.2. The summed E-state index contributed by atoms with van der Waals surface area (Å²) in [6, 6.07) is 27.1. The highest BCUT2D eigenvalue weighted by atomic mass is 14.8. The van der Waals surface area contributed by atoms with Crippen LogP contribution in [0.15, 0.2) is 72.8 Å². The van der Waals surface area contributed by atoms with E-state index >= 15 is 0 Å². The molecule has 0 saturated heterocycles. The molecule has 4 rings (SSSR count). The van der Waals surface area contributed by atoms with E-state index in [-0.39, 0.29) is 10.8 Å². The Labute approximate surface area is 187 Å². The van der Waals surface area contributed by atoms with Gasteiger partial charge in [-0.25, -0.2) is 0 Å². The topological polar surface area (TPSA) is 16.6 Å². The van der Waals surface area contributed by atoms with Crippen LogP contribution in [0.2, 0.25) is 0 Å². The van der Waals surface area contributed by atoms with Crippen LogP contribution in [0.25, 0.3) is 21.5 Å². The summed E-state index contributed by atoms with van der Waals surface area (Å²) < 4.78 is 0.